The molecule has 3 aromatic carbocycles. The van der Waals surface area contributed by atoms with Crippen LogP contribution in [0, 0.1) is 0 Å². The van der Waals surface area contributed by atoms with Crippen molar-refractivity contribution < 1.29 is 23.9 Å². The van der Waals surface area contributed by atoms with Crippen LogP contribution in [0.1, 0.15) is 15.9 Å². The number of esters is 1. The molecule has 0 radical (unpaired) electrons. The monoisotopic (exact) mass is 417 g/mol. The van der Waals surface area contributed by atoms with E-state index in [4.69, 9.17) is 9.47 Å². The first-order valence-corrected chi connectivity index (χ1v) is 9.21. The van der Waals surface area contributed by atoms with Crippen molar-refractivity contribution in [1.82, 2.24) is 5.43 Å². The average Bonchev–Trinajstić information content (AvgIpc) is 2.81. The number of amides is 2. The standard InChI is InChI=1S/C23H19N3O5/c1-30-19-13-9-18(10-14-19)25-21(27)22(28)26-24-15-16-7-11-20(12-8-16)31-23(29)17-5-3-2-4-6-17/h2-15H,1H3,(H,25,27)(H,26,28)/b24-15-. The van der Waals surface area contributed by atoms with Gasteiger partial charge < -0.3 is 14.8 Å². The summed E-state index contributed by atoms with van der Waals surface area (Å²) in [5.74, 6) is -1.23. The minimum absolute atomic E-state index is 0.369. The Morgan fingerprint density at radius 2 is 1.45 bits per heavy atom. The molecule has 0 bridgehead atoms. The third-order valence-electron chi connectivity index (χ3n) is 4.03. The van der Waals surface area contributed by atoms with Crippen LogP contribution in [0.3, 0.4) is 0 Å². The molecule has 0 atom stereocenters. The molecule has 0 aromatic heterocycles. The van der Waals surface area contributed by atoms with Crippen molar-refractivity contribution in [2.24, 2.45) is 5.10 Å². The Labute approximate surface area is 178 Å². The zero-order valence-corrected chi connectivity index (χ0v) is 16.6. The summed E-state index contributed by atoms with van der Waals surface area (Å²) < 4.78 is 10.3. The number of rotatable bonds is 6. The number of hydrogen-bond acceptors (Lipinski definition) is 6. The number of benzene rings is 3. The van der Waals surface area contributed by atoms with E-state index in [1.165, 1.54) is 13.3 Å². The van der Waals surface area contributed by atoms with E-state index in [1.54, 1.807) is 72.8 Å². The van der Waals surface area contributed by atoms with E-state index in [-0.39, 0.29) is 0 Å². The number of methoxy groups -OCH3 is 1. The molecule has 8 heteroatoms. The van der Waals surface area contributed by atoms with Gasteiger partial charge in [-0.15, -0.1) is 0 Å². The second-order valence-corrected chi connectivity index (χ2v) is 6.21. The first-order chi connectivity index (χ1) is 15.0. The van der Waals surface area contributed by atoms with Gasteiger partial charge in [-0.1, -0.05) is 18.2 Å². The Balaban J connectivity index is 1.49. The lowest BCUT2D eigenvalue weighted by Crippen LogP contribution is -2.32. The number of hydrogen-bond donors (Lipinski definition) is 2. The van der Waals surface area contributed by atoms with Gasteiger partial charge in [-0.2, -0.15) is 5.10 Å². The predicted octanol–water partition coefficient (Wildman–Crippen LogP) is 3.00. The number of ether oxygens (including phenoxy) is 2. The molecular formula is C23H19N3O5. The van der Waals surface area contributed by atoms with Crippen LogP contribution in [0.5, 0.6) is 11.5 Å². The molecule has 156 valence electrons. The van der Waals surface area contributed by atoms with Gasteiger partial charge in [-0.3, -0.25) is 9.59 Å². The van der Waals surface area contributed by atoms with Crippen molar-refractivity contribution in [2.75, 3.05) is 12.4 Å². The van der Waals surface area contributed by atoms with Crippen molar-refractivity contribution in [2.45, 2.75) is 0 Å². The van der Waals surface area contributed by atoms with E-state index in [0.29, 0.717) is 28.3 Å². The lowest BCUT2D eigenvalue weighted by molar-refractivity contribution is -0.136. The first-order valence-electron chi connectivity index (χ1n) is 9.21. The quantitative estimate of drug-likeness (QED) is 0.211. The lowest BCUT2D eigenvalue weighted by Gasteiger charge is -2.05. The van der Waals surface area contributed by atoms with E-state index in [0.717, 1.165) is 0 Å². The van der Waals surface area contributed by atoms with Gasteiger partial charge in [0.15, 0.2) is 0 Å². The van der Waals surface area contributed by atoms with Gasteiger partial charge >= 0.3 is 17.8 Å². The van der Waals surface area contributed by atoms with Crippen LogP contribution in [0.2, 0.25) is 0 Å². The van der Waals surface area contributed by atoms with Gasteiger partial charge in [-0.05, 0) is 66.2 Å². The van der Waals surface area contributed by atoms with E-state index in [9.17, 15) is 14.4 Å². The molecule has 0 spiro atoms. The van der Waals surface area contributed by atoms with Crippen LogP contribution in [-0.4, -0.2) is 31.1 Å². The summed E-state index contributed by atoms with van der Waals surface area (Å²) in [5, 5.41) is 6.21. The largest absolute Gasteiger partial charge is 0.497 e. The third kappa shape index (κ3) is 6.26. The summed E-state index contributed by atoms with van der Waals surface area (Å²) in [5.41, 5.74) is 3.68. The van der Waals surface area contributed by atoms with Crippen LogP contribution in [0.4, 0.5) is 5.69 Å². The number of hydrazone groups is 1. The van der Waals surface area contributed by atoms with Gasteiger partial charge in [0.05, 0.1) is 18.9 Å². The number of carbonyl (C=O) groups excluding carboxylic acids is 3. The maximum Gasteiger partial charge on any atom is 0.343 e. The summed E-state index contributed by atoms with van der Waals surface area (Å²) in [6.45, 7) is 0. The average molecular weight is 417 g/mol. The Kier molecular flexibility index (Phi) is 7.10. The second kappa shape index (κ2) is 10.4. The fourth-order valence-corrected chi connectivity index (χ4v) is 2.44. The Morgan fingerprint density at radius 1 is 0.806 bits per heavy atom. The van der Waals surface area contributed by atoms with Gasteiger partial charge in [0.2, 0.25) is 0 Å². The highest BCUT2D eigenvalue weighted by Gasteiger charge is 2.13. The fourth-order valence-electron chi connectivity index (χ4n) is 2.44. The Hall–Kier alpha value is -4.46. The highest BCUT2D eigenvalue weighted by Crippen LogP contribution is 2.15. The van der Waals surface area contributed by atoms with Crippen molar-refractivity contribution >= 4 is 29.7 Å². The van der Waals surface area contributed by atoms with Crippen molar-refractivity contribution in [3.63, 3.8) is 0 Å². The topological polar surface area (TPSA) is 106 Å². The zero-order chi connectivity index (χ0) is 22.1. The molecule has 0 unspecified atom stereocenters. The van der Waals surface area contributed by atoms with Crippen molar-refractivity contribution in [1.29, 1.82) is 0 Å². The molecule has 0 aliphatic carbocycles. The second-order valence-electron chi connectivity index (χ2n) is 6.21. The van der Waals surface area contributed by atoms with Crippen LogP contribution in [0.25, 0.3) is 0 Å². The maximum atomic E-state index is 12.0. The van der Waals surface area contributed by atoms with E-state index in [2.05, 4.69) is 15.8 Å². The zero-order valence-electron chi connectivity index (χ0n) is 16.6. The van der Waals surface area contributed by atoms with Crippen molar-refractivity contribution in [3.05, 3.63) is 90.0 Å². The van der Waals surface area contributed by atoms with Gasteiger partial charge in [0.1, 0.15) is 11.5 Å². The molecule has 0 fully saturated rings. The Morgan fingerprint density at radius 3 is 2.10 bits per heavy atom. The number of nitrogens with zero attached hydrogens (tertiary/aromatic N) is 1. The molecule has 2 N–H and O–H groups in total. The predicted molar refractivity (Wildman–Crippen MR) is 115 cm³/mol. The number of nitrogens with one attached hydrogen (secondary N) is 2. The SMILES string of the molecule is COc1ccc(NC(=O)C(=O)N/N=C\c2ccc(OC(=O)c3ccccc3)cc2)cc1. The fraction of sp³-hybridized carbons (Fsp3) is 0.0435. The van der Waals surface area contributed by atoms with E-state index >= 15 is 0 Å². The molecule has 3 aromatic rings. The summed E-state index contributed by atoms with van der Waals surface area (Å²) in [6.07, 6.45) is 1.36. The molecule has 0 aliphatic heterocycles. The minimum atomic E-state index is -0.916. The minimum Gasteiger partial charge on any atom is -0.497 e. The molecule has 0 saturated carbocycles. The van der Waals surface area contributed by atoms with Gasteiger partial charge in [-0.25, -0.2) is 10.2 Å². The van der Waals surface area contributed by atoms with Gasteiger partial charge in [0, 0.05) is 5.69 Å². The van der Waals surface area contributed by atoms with E-state index in [1.807, 2.05) is 6.07 Å². The molecule has 31 heavy (non-hydrogen) atoms. The van der Waals surface area contributed by atoms with Crippen LogP contribution in [-0.2, 0) is 9.59 Å². The normalized spacial score (nSPS) is 10.4. The number of anilines is 1. The molecule has 0 heterocycles. The summed E-state index contributed by atoms with van der Waals surface area (Å²) in [7, 11) is 1.53. The highest BCUT2D eigenvalue weighted by molar-refractivity contribution is 6.39. The summed E-state index contributed by atoms with van der Waals surface area (Å²) >= 11 is 0. The summed E-state index contributed by atoms with van der Waals surface area (Å²) in [6, 6.07) is 21.7. The van der Waals surface area contributed by atoms with Crippen LogP contribution < -0.4 is 20.2 Å². The highest BCUT2D eigenvalue weighted by atomic mass is 16.5. The maximum absolute atomic E-state index is 12.0. The molecule has 3 rings (SSSR count). The smallest absolute Gasteiger partial charge is 0.343 e. The lowest BCUT2D eigenvalue weighted by atomic mass is 10.2. The van der Waals surface area contributed by atoms with Gasteiger partial charge in [0.25, 0.3) is 0 Å². The molecule has 2 amide bonds. The first kappa shape index (κ1) is 21.3. The third-order valence-corrected chi connectivity index (χ3v) is 4.03. The number of carbonyl (C=O) groups is 3. The van der Waals surface area contributed by atoms with Crippen molar-refractivity contribution in [3.8, 4) is 11.5 Å². The van der Waals surface area contributed by atoms with E-state index < -0.39 is 17.8 Å². The van der Waals surface area contributed by atoms with Crippen LogP contribution >= 0.6 is 0 Å². The summed E-state index contributed by atoms with van der Waals surface area (Å²) in [4.78, 5) is 35.8. The molecule has 8 nitrogen and oxygen atoms in total. The molecular weight excluding hydrogens is 398 g/mol. The molecule has 0 aliphatic rings. The van der Waals surface area contributed by atoms with Crippen LogP contribution in [0.15, 0.2) is 84.0 Å². The Bertz CT molecular complexity index is 1080. The molecule has 0 saturated heterocycles.